The number of ether oxygens (including phenoxy) is 2. The van der Waals surface area contributed by atoms with Crippen LogP contribution >= 0.6 is 0 Å². The zero-order valence-corrected chi connectivity index (χ0v) is 11.8. The average Bonchev–Trinajstić information content (AvgIpc) is 2.46. The summed E-state index contributed by atoms with van der Waals surface area (Å²) in [5.41, 5.74) is 7.33. The lowest BCUT2D eigenvalue weighted by molar-refractivity contribution is 0.325. The highest BCUT2D eigenvalue weighted by Crippen LogP contribution is 2.27. The summed E-state index contributed by atoms with van der Waals surface area (Å²) in [6.45, 7) is 0.818. The van der Waals surface area contributed by atoms with Crippen LogP contribution in [0.2, 0.25) is 0 Å². The van der Waals surface area contributed by atoms with Crippen LogP contribution in [0.1, 0.15) is 31.2 Å². The normalized spacial score (nSPS) is 23.1. The van der Waals surface area contributed by atoms with E-state index in [9.17, 15) is 0 Å². The second-order valence-corrected chi connectivity index (χ2v) is 5.13. The second-order valence-electron chi connectivity index (χ2n) is 5.13. The molecule has 1 saturated carbocycles. The predicted octanol–water partition coefficient (Wildman–Crippen LogP) is 2.06. The molecule has 106 valence electrons. The minimum absolute atomic E-state index is 0.286. The minimum Gasteiger partial charge on any atom is -0.493 e. The average molecular weight is 264 g/mol. The van der Waals surface area contributed by atoms with E-state index in [0.29, 0.717) is 6.04 Å². The fourth-order valence-corrected chi connectivity index (χ4v) is 2.65. The summed E-state index contributed by atoms with van der Waals surface area (Å²) in [5, 5.41) is 3.56. The molecule has 1 aliphatic carbocycles. The largest absolute Gasteiger partial charge is 0.493 e. The van der Waals surface area contributed by atoms with Crippen molar-refractivity contribution in [2.45, 2.75) is 44.3 Å². The summed E-state index contributed by atoms with van der Waals surface area (Å²) < 4.78 is 10.5. The number of hydrogen-bond acceptors (Lipinski definition) is 4. The van der Waals surface area contributed by atoms with E-state index in [0.717, 1.165) is 24.5 Å². The predicted molar refractivity (Wildman–Crippen MR) is 76.6 cm³/mol. The standard InChI is InChI=1S/C15H24N2O2/c1-18-14-8-7-11(9-15(14)19-2)10-17-13-6-4-3-5-12(13)16/h7-9,12-13,17H,3-6,10,16H2,1-2H3. The van der Waals surface area contributed by atoms with E-state index in [1.165, 1.54) is 24.8 Å². The number of methoxy groups -OCH3 is 2. The molecule has 19 heavy (non-hydrogen) atoms. The van der Waals surface area contributed by atoms with E-state index >= 15 is 0 Å². The first kappa shape index (κ1) is 14.2. The van der Waals surface area contributed by atoms with E-state index in [1.54, 1.807) is 14.2 Å². The van der Waals surface area contributed by atoms with Gasteiger partial charge in [0.25, 0.3) is 0 Å². The zero-order chi connectivity index (χ0) is 13.7. The van der Waals surface area contributed by atoms with Gasteiger partial charge in [0.2, 0.25) is 0 Å². The zero-order valence-electron chi connectivity index (χ0n) is 11.8. The van der Waals surface area contributed by atoms with E-state index in [2.05, 4.69) is 11.4 Å². The van der Waals surface area contributed by atoms with Crippen LogP contribution in [0.4, 0.5) is 0 Å². The van der Waals surface area contributed by atoms with Gasteiger partial charge in [0.1, 0.15) is 0 Å². The van der Waals surface area contributed by atoms with E-state index in [4.69, 9.17) is 15.2 Å². The minimum atomic E-state index is 0.286. The van der Waals surface area contributed by atoms with Gasteiger partial charge in [-0.1, -0.05) is 18.9 Å². The van der Waals surface area contributed by atoms with Crippen LogP contribution in [0, 0.1) is 0 Å². The van der Waals surface area contributed by atoms with E-state index in [-0.39, 0.29) is 6.04 Å². The van der Waals surface area contributed by atoms with Gasteiger partial charge in [-0.3, -0.25) is 0 Å². The maximum Gasteiger partial charge on any atom is 0.161 e. The van der Waals surface area contributed by atoms with Crippen LogP contribution in [0.5, 0.6) is 11.5 Å². The molecule has 4 nitrogen and oxygen atoms in total. The molecule has 0 spiro atoms. The molecular formula is C15H24N2O2. The third-order valence-corrected chi connectivity index (χ3v) is 3.84. The molecule has 1 aliphatic rings. The number of nitrogens with one attached hydrogen (secondary N) is 1. The van der Waals surface area contributed by atoms with Gasteiger partial charge in [-0.05, 0) is 30.5 Å². The highest BCUT2D eigenvalue weighted by atomic mass is 16.5. The smallest absolute Gasteiger partial charge is 0.161 e. The molecule has 1 fully saturated rings. The van der Waals surface area contributed by atoms with Gasteiger partial charge in [0.15, 0.2) is 11.5 Å². The topological polar surface area (TPSA) is 56.5 Å². The van der Waals surface area contributed by atoms with Gasteiger partial charge < -0.3 is 20.5 Å². The molecule has 0 bridgehead atoms. The molecule has 0 aromatic heterocycles. The molecule has 0 amide bonds. The van der Waals surface area contributed by atoms with Crippen molar-refractivity contribution in [3.8, 4) is 11.5 Å². The molecule has 2 unspecified atom stereocenters. The lowest BCUT2D eigenvalue weighted by Crippen LogP contribution is -2.46. The molecule has 4 heteroatoms. The lowest BCUT2D eigenvalue weighted by Gasteiger charge is -2.29. The molecule has 0 radical (unpaired) electrons. The van der Waals surface area contributed by atoms with Crippen molar-refractivity contribution in [3.63, 3.8) is 0 Å². The fourth-order valence-electron chi connectivity index (χ4n) is 2.65. The molecule has 3 N–H and O–H groups in total. The van der Waals surface area contributed by atoms with Crippen LogP contribution in [0.15, 0.2) is 18.2 Å². The Morgan fingerprint density at radius 1 is 1.16 bits per heavy atom. The Kier molecular flexibility index (Phi) is 5.05. The number of benzene rings is 1. The first-order chi connectivity index (χ1) is 9.24. The Morgan fingerprint density at radius 3 is 2.58 bits per heavy atom. The SMILES string of the molecule is COc1ccc(CNC2CCCCC2N)cc1OC. The van der Waals surface area contributed by atoms with Crippen LogP contribution < -0.4 is 20.5 Å². The molecule has 0 heterocycles. The van der Waals surface area contributed by atoms with Gasteiger partial charge >= 0.3 is 0 Å². The summed E-state index contributed by atoms with van der Waals surface area (Å²) in [4.78, 5) is 0. The van der Waals surface area contributed by atoms with E-state index < -0.39 is 0 Å². The van der Waals surface area contributed by atoms with Crippen molar-refractivity contribution >= 4 is 0 Å². The van der Waals surface area contributed by atoms with E-state index in [1.807, 2.05) is 12.1 Å². The molecule has 0 aliphatic heterocycles. The molecular weight excluding hydrogens is 240 g/mol. The van der Waals surface area contributed by atoms with Crippen LogP contribution in [0.25, 0.3) is 0 Å². The maximum absolute atomic E-state index is 6.14. The lowest BCUT2D eigenvalue weighted by atomic mass is 9.91. The summed E-state index contributed by atoms with van der Waals surface area (Å²) in [5.74, 6) is 1.54. The first-order valence-electron chi connectivity index (χ1n) is 6.94. The Hall–Kier alpha value is -1.26. The van der Waals surface area contributed by atoms with Crippen LogP contribution in [-0.4, -0.2) is 26.3 Å². The van der Waals surface area contributed by atoms with Gasteiger partial charge in [-0.25, -0.2) is 0 Å². The van der Waals surface area contributed by atoms with Crippen molar-refractivity contribution < 1.29 is 9.47 Å². The number of nitrogens with two attached hydrogens (primary N) is 1. The summed E-state index contributed by atoms with van der Waals surface area (Å²) in [6, 6.07) is 6.73. The molecule has 2 rings (SSSR count). The van der Waals surface area contributed by atoms with Crippen molar-refractivity contribution in [1.82, 2.24) is 5.32 Å². The Morgan fingerprint density at radius 2 is 1.89 bits per heavy atom. The third-order valence-electron chi connectivity index (χ3n) is 3.84. The number of rotatable bonds is 5. The van der Waals surface area contributed by atoms with Gasteiger partial charge in [0.05, 0.1) is 14.2 Å². The first-order valence-corrected chi connectivity index (χ1v) is 6.94. The van der Waals surface area contributed by atoms with Gasteiger partial charge in [-0.15, -0.1) is 0 Å². The fraction of sp³-hybridized carbons (Fsp3) is 0.600. The van der Waals surface area contributed by atoms with Crippen LogP contribution in [0.3, 0.4) is 0 Å². The second kappa shape index (κ2) is 6.78. The van der Waals surface area contributed by atoms with Crippen molar-refractivity contribution in [2.24, 2.45) is 5.73 Å². The van der Waals surface area contributed by atoms with Crippen molar-refractivity contribution in [2.75, 3.05) is 14.2 Å². The van der Waals surface area contributed by atoms with Gasteiger partial charge in [0, 0.05) is 18.6 Å². The van der Waals surface area contributed by atoms with Crippen molar-refractivity contribution in [1.29, 1.82) is 0 Å². The Labute approximate surface area is 115 Å². The third kappa shape index (κ3) is 3.61. The maximum atomic E-state index is 6.14. The van der Waals surface area contributed by atoms with Crippen molar-refractivity contribution in [3.05, 3.63) is 23.8 Å². The highest BCUT2D eigenvalue weighted by Gasteiger charge is 2.20. The summed E-state index contributed by atoms with van der Waals surface area (Å²) in [6.07, 6.45) is 4.84. The quantitative estimate of drug-likeness (QED) is 0.854. The summed E-state index contributed by atoms with van der Waals surface area (Å²) >= 11 is 0. The Balaban J connectivity index is 1.95. The van der Waals surface area contributed by atoms with Crippen LogP contribution in [-0.2, 0) is 6.54 Å². The molecule has 1 aromatic carbocycles. The summed E-state index contributed by atoms with van der Waals surface area (Å²) in [7, 11) is 3.31. The molecule has 0 saturated heterocycles. The Bertz CT molecular complexity index is 409. The van der Waals surface area contributed by atoms with Gasteiger partial charge in [-0.2, -0.15) is 0 Å². The molecule has 2 atom stereocenters. The molecule has 1 aromatic rings. The number of hydrogen-bond donors (Lipinski definition) is 2. The highest BCUT2D eigenvalue weighted by molar-refractivity contribution is 5.42. The monoisotopic (exact) mass is 264 g/mol.